The van der Waals surface area contributed by atoms with Crippen molar-refractivity contribution in [3.8, 4) is 0 Å². The van der Waals surface area contributed by atoms with E-state index >= 15 is 0 Å². The van der Waals surface area contributed by atoms with Crippen molar-refractivity contribution in [1.82, 2.24) is 10.1 Å². The van der Waals surface area contributed by atoms with Crippen LogP contribution in [0, 0.1) is 6.92 Å². The van der Waals surface area contributed by atoms with Crippen molar-refractivity contribution >= 4 is 17.5 Å². The quantitative estimate of drug-likeness (QED) is 0.776. The molecule has 0 aromatic carbocycles. The van der Waals surface area contributed by atoms with E-state index < -0.39 is 0 Å². The molecule has 1 aromatic rings. The van der Waals surface area contributed by atoms with Gasteiger partial charge in [0.2, 0.25) is 5.76 Å². The Kier molecular flexibility index (Phi) is 3.43. The van der Waals surface area contributed by atoms with Gasteiger partial charge in [0.1, 0.15) is 5.02 Å². The van der Waals surface area contributed by atoms with Crippen molar-refractivity contribution < 1.29 is 9.32 Å². The summed E-state index contributed by atoms with van der Waals surface area (Å²) in [5.74, 6) is 0.0278. The molecule has 0 saturated carbocycles. The zero-order chi connectivity index (χ0) is 12.6. The van der Waals surface area contributed by atoms with E-state index in [9.17, 15) is 4.79 Å². The standard InChI is InChI=1S/C12H17ClN2O2/c1-7-5-4-6-8(2)15(7)12(16)11-10(13)9(3)14-17-11/h7-8H,4-6H2,1-3H3/t7-,8-/m1/s1. The summed E-state index contributed by atoms with van der Waals surface area (Å²) in [4.78, 5) is 14.2. The van der Waals surface area contributed by atoms with Gasteiger partial charge in [0.05, 0.1) is 5.69 Å². The number of rotatable bonds is 1. The minimum atomic E-state index is -0.143. The first-order chi connectivity index (χ1) is 8.02. The molecule has 17 heavy (non-hydrogen) atoms. The number of aromatic nitrogens is 1. The van der Waals surface area contributed by atoms with Crippen LogP contribution < -0.4 is 0 Å². The molecule has 1 saturated heterocycles. The van der Waals surface area contributed by atoms with Crippen LogP contribution in [0.5, 0.6) is 0 Å². The number of hydrogen-bond donors (Lipinski definition) is 0. The average Bonchev–Trinajstić information content (AvgIpc) is 2.59. The first kappa shape index (κ1) is 12.4. The van der Waals surface area contributed by atoms with Crippen LogP contribution in [0.4, 0.5) is 0 Å². The van der Waals surface area contributed by atoms with E-state index in [2.05, 4.69) is 19.0 Å². The fourth-order valence-corrected chi connectivity index (χ4v) is 2.58. The largest absolute Gasteiger partial charge is 0.349 e. The van der Waals surface area contributed by atoms with Gasteiger partial charge in [-0.3, -0.25) is 4.79 Å². The molecule has 0 bridgehead atoms. The highest BCUT2D eigenvalue weighted by molar-refractivity contribution is 6.33. The first-order valence-corrected chi connectivity index (χ1v) is 6.34. The van der Waals surface area contributed by atoms with E-state index in [1.54, 1.807) is 6.92 Å². The highest BCUT2D eigenvalue weighted by Crippen LogP contribution is 2.28. The van der Waals surface area contributed by atoms with Crippen LogP contribution in [0.15, 0.2) is 4.52 Å². The highest BCUT2D eigenvalue weighted by Gasteiger charge is 2.33. The molecule has 1 aromatic heterocycles. The maximum Gasteiger partial charge on any atom is 0.294 e. The lowest BCUT2D eigenvalue weighted by Crippen LogP contribution is -2.47. The van der Waals surface area contributed by atoms with Gasteiger partial charge < -0.3 is 9.42 Å². The van der Waals surface area contributed by atoms with Gasteiger partial charge >= 0.3 is 0 Å². The fraction of sp³-hybridized carbons (Fsp3) is 0.667. The SMILES string of the molecule is Cc1noc(C(=O)N2[C@H](C)CCC[C@H]2C)c1Cl. The van der Waals surface area contributed by atoms with Crippen LogP contribution in [0.2, 0.25) is 5.02 Å². The predicted octanol–water partition coefficient (Wildman–Crippen LogP) is 3.04. The second kappa shape index (κ2) is 4.69. The molecule has 0 spiro atoms. The number of piperidine rings is 1. The van der Waals surface area contributed by atoms with Crippen LogP contribution in [0.25, 0.3) is 0 Å². The van der Waals surface area contributed by atoms with E-state index in [4.69, 9.17) is 16.1 Å². The summed E-state index contributed by atoms with van der Waals surface area (Å²) in [7, 11) is 0. The van der Waals surface area contributed by atoms with Gasteiger partial charge in [-0.1, -0.05) is 16.8 Å². The number of hydrogen-bond acceptors (Lipinski definition) is 3. The Morgan fingerprint density at radius 2 is 2.00 bits per heavy atom. The highest BCUT2D eigenvalue weighted by atomic mass is 35.5. The molecule has 1 aliphatic heterocycles. The van der Waals surface area contributed by atoms with Gasteiger partial charge in [-0.2, -0.15) is 0 Å². The summed E-state index contributed by atoms with van der Waals surface area (Å²) < 4.78 is 5.03. The van der Waals surface area contributed by atoms with Crippen molar-refractivity contribution in [2.24, 2.45) is 0 Å². The zero-order valence-electron chi connectivity index (χ0n) is 10.4. The number of likely N-dealkylation sites (tertiary alicyclic amines) is 1. The van der Waals surface area contributed by atoms with Crippen molar-refractivity contribution in [2.75, 3.05) is 0 Å². The molecule has 2 rings (SSSR count). The number of carbonyl (C=O) groups excluding carboxylic acids is 1. The molecule has 4 nitrogen and oxygen atoms in total. The summed E-state index contributed by atoms with van der Waals surface area (Å²) in [6, 6.07) is 0.459. The summed E-state index contributed by atoms with van der Waals surface area (Å²) >= 11 is 6.01. The number of aryl methyl sites for hydroxylation is 1. The molecule has 1 aliphatic rings. The van der Waals surface area contributed by atoms with E-state index in [-0.39, 0.29) is 23.8 Å². The Hall–Kier alpha value is -1.03. The third-order valence-corrected chi connectivity index (χ3v) is 3.86. The molecule has 0 N–H and O–H groups in total. The maximum absolute atomic E-state index is 12.4. The molecule has 5 heteroatoms. The van der Waals surface area contributed by atoms with Crippen LogP contribution >= 0.6 is 11.6 Å². The summed E-state index contributed by atoms with van der Waals surface area (Å²) in [6.45, 7) is 5.85. The molecule has 0 radical (unpaired) electrons. The summed E-state index contributed by atoms with van der Waals surface area (Å²) in [5, 5.41) is 4.06. The molecular weight excluding hydrogens is 240 g/mol. The van der Waals surface area contributed by atoms with Crippen LogP contribution in [0.1, 0.15) is 49.4 Å². The lowest BCUT2D eigenvalue weighted by Gasteiger charge is -2.38. The van der Waals surface area contributed by atoms with Crippen molar-refractivity contribution in [3.63, 3.8) is 0 Å². The van der Waals surface area contributed by atoms with Crippen molar-refractivity contribution in [2.45, 2.75) is 52.1 Å². The second-order valence-electron chi connectivity index (χ2n) is 4.75. The van der Waals surface area contributed by atoms with Gasteiger partial charge in [-0.25, -0.2) is 0 Å². The van der Waals surface area contributed by atoms with Gasteiger partial charge in [-0.15, -0.1) is 0 Å². The van der Waals surface area contributed by atoms with Crippen molar-refractivity contribution in [3.05, 3.63) is 16.5 Å². The molecule has 0 aliphatic carbocycles. The molecular formula is C12H17ClN2O2. The minimum Gasteiger partial charge on any atom is -0.349 e. The van der Waals surface area contributed by atoms with Crippen LogP contribution in [0.3, 0.4) is 0 Å². The Bertz CT molecular complexity index is 420. The monoisotopic (exact) mass is 256 g/mol. The van der Waals surface area contributed by atoms with E-state index in [1.165, 1.54) is 0 Å². The maximum atomic E-state index is 12.4. The van der Waals surface area contributed by atoms with Gasteiger partial charge in [0.15, 0.2) is 0 Å². The third-order valence-electron chi connectivity index (χ3n) is 3.41. The predicted molar refractivity (Wildman–Crippen MR) is 65.2 cm³/mol. The number of carbonyl (C=O) groups is 1. The van der Waals surface area contributed by atoms with E-state index in [0.29, 0.717) is 10.7 Å². The van der Waals surface area contributed by atoms with Gasteiger partial charge in [0.25, 0.3) is 5.91 Å². The Morgan fingerprint density at radius 1 is 1.41 bits per heavy atom. The average molecular weight is 257 g/mol. The topological polar surface area (TPSA) is 46.3 Å². The number of halogens is 1. The number of amides is 1. The van der Waals surface area contributed by atoms with Crippen molar-refractivity contribution in [1.29, 1.82) is 0 Å². The van der Waals surface area contributed by atoms with E-state index in [0.717, 1.165) is 19.3 Å². The summed E-state index contributed by atoms with van der Waals surface area (Å²) in [6.07, 6.45) is 3.22. The van der Waals surface area contributed by atoms with Gasteiger partial charge in [0, 0.05) is 12.1 Å². The Labute approximate surface area is 106 Å². The summed E-state index contributed by atoms with van der Waals surface area (Å²) in [5.41, 5.74) is 0.562. The number of nitrogens with zero attached hydrogens (tertiary/aromatic N) is 2. The second-order valence-corrected chi connectivity index (χ2v) is 5.13. The smallest absolute Gasteiger partial charge is 0.294 e. The Morgan fingerprint density at radius 3 is 2.47 bits per heavy atom. The van der Waals surface area contributed by atoms with Crippen LogP contribution in [-0.2, 0) is 0 Å². The third kappa shape index (κ3) is 2.18. The first-order valence-electron chi connectivity index (χ1n) is 5.96. The normalized spacial score (nSPS) is 25.1. The molecule has 1 amide bonds. The molecule has 94 valence electrons. The molecule has 1 fully saturated rings. The van der Waals surface area contributed by atoms with Crippen LogP contribution in [-0.4, -0.2) is 28.0 Å². The van der Waals surface area contributed by atoms with E-state index in [1.807, 2.05) is 4.90 Å². The molecule has 0 unspecified atom stereocenters. The lowest BCUT2D eigenvalue weighted by atomic mass is 9.97. The van der Waals surface area contributed by atoms with Gasteiger partial charge in [-0.05, 0) is 40.0 Å². The zero-order valence-corrected chi connectivity index (χ0v) is 11.1. The Balaban J connectivity index is 2.27. The molecule has 2 atom stereocenters. The lowest BCUT2D eigenvalue weighted by molar-refractivity contribution is 0.0469. The fourth-order valence-electron chi connectivity index (χ4n) is 2.43. The molecule has 2 heterocycles. The minimum absolute atomic E-state index is 0.143.